The molecule has 2 heteroatoms. The van der Waals surface area contributed by atoms with Crippen LogP contribution in [0.2, 0.25) is 0 Å². The molecule has 0 N–H and O–H groups in total. The van der Waals surface area contributed by atoms with E-state index in [2.05, 4.69) is 57.2 Å². The van der Waals surface area contributed by atoms with Crippen molar-refractivity contribution in [2.45, 2.75) is 51.7 Å². The third-order valence-electron chi connectivity index (χ3n) is 5.15. The zero-order chi connectivity index (χ0) is 16.4. The van der Waals surface area contributed by atoms with Gasteiger partial charge >= 0.3 is 0 Å². The summed E-state index contributed by atoms with van der Waals surface area (Å²) in [6.45, 7) is 7.24. The molecule has 0 bridgehead atoms. The second-order valence-electron chi connectivity index (χ2n) is 6.71. The minimum absolute atomic E-state index is 0.217. The van der Waals surface area contributed by atoms with Crippen LogP contribution in [0.15, 0.2) is 42.5 Å². The van der Waals surface area contributed by atoms with Gasteiger partial charge in [-0.15, -0.1) is 0 Å². The van der Waals surface area contributed by atoms with Gasteiger partial charge < -0.3 is 9.47 Å². The van der Waals surface area contributed by atoms with Crippen molar-refractivity contribution in [3.05, 3.63) is 64.7 Å². The van der Waals surface area contributed by atoms with E-state index in [4.69, 9.17) is 9.47 Å². The number of fused-ring (bicyclic) bond motifs is 1. The molecule has 2 aromatic carbocycles. The molecule has 0 amide bonds. The summed E-state index contributed by atoms with van der Waals surface area (Å²) in [4.78, 5) is 0. The van der Waals surface area contributed by atoms with Gasteiger partial charge in [0.05, 0.1) is 5.60 Å². The van der Waals surface area contributed by atoms with Crippen LogP contribution < -0.4 is 4.74 Å². The molecule has 1 aliphatic rings. The van der Waals surface area contributed by atoms with Crippen LogP contribution in [-0.2, 0) is 23.4 Å². The molecular formula is C21H26O2. The minimum atomic E-state index is -0.217. The van der Waals surface area contributed by atoms with E-state index in [0.29, 0.717) is 12.5 Å². The molecule has 0 saturated carbocycles. The van der Waals surface area contributed by atoms with E-state index < -0.39 is 0 Å². The highest BCUT2D eigenvalue weighted by molar-refractivity contribution is 5.56. The van der Waals surface area contributed by atoms with Gasteiger partial charge in [0.15, 0.2) is 0 Å². The molecule has 0 saturated heterocycles. The van der Waals surface area contributed by atoms with E-state index in [-0.39, 0.29) is 5.60 Å². The Morgan fingerprint density at radius 2 is 1.87 bits per heavy atom. The second kappa shape index (κ2) is 6.37. The molecule has 0 radical (unpaired) electrons. The van der Waals surface area contributed by atoms with Crippen molar-refractivity contribution in [2.75, 3.05) is 7.11 Å². The molecule has 2 unspecified atom stereocenters. The second-order valence-corrected chi connectivity index (χ2v) is 6.71. The third kappa shape index (κ3) is 2.88. The number of hydrogen-bond acceptors (Lipinski definition) is 2. The van der Waals surface area contributed by atoms with E-state index >= 15 is 0 Å². The number of benzene rings is 2. The van der Waals surface area contributed by atoms with Gasteiger partial charge in [0.2, 0.25) is 0 Å². The zero-order valence-electron chi connectivity index (χ0n) is 14.6. The molecule has 2 aromatic rings. The van der Waals surface area contributed by atoms with Gasteiger partial charge in [-0.25, -0.2) is 0 Å². The van der Waals surface area contributed by atoms with Crippen LogP contribution in [0.3, 0.4) is 0 Å². The first kappa shape index (κ1) is 16.1. The molecule has 0 aromatic heterocycles. The third-order valence-corrected chi connectivity index (χ3v) is 5.15. The van der Waals surface area contributed by atoms with Gasteiger partial charge in [-0.3, -0.25) is 0 Å². The summed E-state index contributed by atoms with van der Waals surface area (Å²) < 4.78 is 12.1. The molecule has 0 fully saturated rings. The lowest BCUT2D eigenvalue weighted by atomic mass is 9.72. The van der Waals surface area contributed by atoms with E-state index in [1.165, 1.54) is 22.3 Å². The van der Waals surface area contributed by atoms with Crippen LogP contribution in [0.4, 0.5) is 0 Å². The monoisotopic (exact) mass is 310 g/mol. The van der Waals surface area contributed by atoms with Gasteiger partial charge in [-0.2, -0.15) is 0 Å². The maximum Gasteiger partial charge on any atom is 0.129 e. The summed E-state index contributed by atoms with van der Waals surface area (Å²) in [6.07, 6.45) is 2.06. The first-order chi connectivity index (χ1) is 11.1. The van der Waals surface area contributed by atoms with Gasteiger partial charge in [-0.05, 0) is 36.0 Å². The standard InChI is InChI=1S/C21H26O2/c1-5-15(2)18-12-11-17-13-21(3,22-4)19(17)20(18)23-14-16-9-7-6-8-10-16/h6-12,15H,5,13-14H2,1-4H3. The fraction of sp³-hybridized carbons (Fsp3) is 0.429. The Labute approximate surface area is 139 Å². The summed E-state index contributed by atoms with van der Waals surface area (Å²) in [6, 6.07) is 14.8. The highest BCUT2D eigenvalue weighted by atomic mass is 16.5. The van der Waals surface area contributed by atoms with Crippen molar-refractivity contribution in [1.82, 2.24) is 0 Å². The van der Waals surface area contributed by atoms with Crippen molar-refractivity contribution in [3.63, 3.8) is 0 Å². The van der Waals surface area contributed by atoms with Crippen molar-refractivity contribution in [2.24, 2.45) is 0 Å². The lowest BCUT2D eigenvalue weighted by molar-refractivity contribution is -0.0211. The summed E-state index contributed by atoms with van der Waals surface area (Å²) in [7, 11) is 1.79. The van der Waals surface area contributed by atoms with Gasteiger partial charge in [0, 0.05) is 19.1 Å². The first-order valence-corrected chi connectivity index (χ1v) is 8.47. The number of ether oxygens (including phenoxy) is 2. The van der Waals surface area contributed by atoms with Crippen molar-refractivity contribution in [3.8, 4) is 5.75 Å². The number of hydrogen-bond donors (Lipinski definition) is 0. The van der Waals surface area contributed by atoms with Crippen LogP contribution in [-0.4, -0.2) is 7.11 Å². The molecule has 2 nitrogen and oxygen atoms in total. The highest BCUT2D eigenvalue weighted by Crippen LogP contribution is 2.50. The zero-order valence-corrected chi connectivity index (χ0v) is 14.6. The Hall–Kier alpha value is -1.80. The molecule has 0 aliphatic heterocycles. The van der Waals surface area contributed by atoms with E-state index in [1.807, 2.05) is 6.07 Å². The Balaban J connectivity index is 1.97. The van der Waals surface area contributed by atoms with Gasteiger partial charge in [-0.1, -0.05) is 56.3 Å². The molecule has 122 valence electrons. The molecule has 23 heavy (non-hydrogen) atoms. The summed E-state index contributed by atoms with van der Waals surface area (Å²) in [5, 5.41) is 0. The summed E-state index contributed by atoms with van der Waals surface area (Å²) in [5.74, 6) is 1.52. The van der Waals surface area contributed by atoms with Crippen LogP contribution in [0.5, 0.6) is 5.75 Å². The molecule has 3 rings (SSSR count). The highest BCUT2D eigenvalue weighted by Gasteiger charge is 2.42. The number of rotatable bonds is 6. The fourth-order valence-electron chi connectivity index (χ4n) is 3.38. The maximum atomic E-state index is 6.33. The van der Waals surface area contributed by atoms with Crippen molar-refractivity contribution >= 4 is 0 Å². The van der Waals surface area contributed by atoms with Crippen LogP contribution in [0, 0.1) is 0 Å². The summed E-state index contributed by atoms with van der Waals surface area (Å²) in [5.41, 5.74) is 4.87. The molecular weight excluding hydrogens is 284 g/mol. The predicted octanol–water partition coefficient (Wildman–Crippen LogP) is 5.20. The first-order valence-electron chi connectivity index (χ1n) is 8.47. The van der Waals surface area contributed by atoms with Crippen molar-refractivity contribution < 1.29 is 9.47 Å². The van der Waals surface area contributed by atoms with Crippen LogP contribution >= 0.6 is 0 Å². The molecule has 0 heterocycles. The smallest absolute Gasteiger partial charge is 0.129 e. The average Bonchev–Trinajstić information content (AvgIpc) is 2.58. The molecule has 1 aliphatic carbocycles. The average molecular weight is 310 g/mol. The van der Waals surface area contributed by atoms with Crippen LogP contribution in [0.1, 0.15) is 55.4 Å². The summed E-state index contributed by atoms with van der Waals surface area (Å²) >= 11 is 0. The lowest BCUT2D eigenvalue weighted by Gasteiger charge is -2.42. The normalized spacial score (nSPS) is 20.5. The number of methoxy groups -OCH3 is 1. The quantitative estimate of drug-likeness (QED) is 0.730. The minimum Gasteiger partial charge on any atom is -0.488 e. The molecule has 2 atom stereocenters. The Morgan fingerprint density at radius 1 is 1.13 bits per heavy atom. The largest absolute Gasteiger partial charge is 0.488 e. The maximum absolute atomic E-state index is 6.33. The van der Waals surface area contributed by atoms with Gasteiger partial charge in [0.25, 0.3) is 0 Å². The van der Waals surface area contributed by atoms with Crippen LogP contribution in [0.25, 0.3) is 0 Å². The Kier molecular flexibility index (Phi) is 4.45. The molecule has 0 spiro atoms. The lowest BCUT2D eigenvalue weighted by Crippen LogP contribution is -2.38. The topological polar surface area (TPSA) is 18.5 Å². The fourth-order valence-corrected chi connectivity index (χ4v) is 3.38. The SMILES string of the molecule is CCC(C)c1ccc2c(c1OCc1ccccc1)C(C)(OC)C2. The Morgan fingerprint density at radius 3 is 2.52 bits per heavy atom. The van der Waals surface area contributed by atoms with E-state index in [9.17, 15) is 0 Å². The van der Waals surface area contributed by atoms with Gasteiger partial charge in [0.1, 0.15) is 12.4 Å². The van der Waals surface area contributed by atoms with E-state index in [0.717, 1.165) is 18.6 Å². The van der Waals surface area contributed by atoms with E-state index in [1.54, 1.807) is 7.11 Å². The Bertz CT molecular complexity index is 678. The predicted molar refractivity (Wildman–Crippen MR) is 94.0 cm³/mol. The van der Waals surface area contributed by atoms with Crippen molar-refractivity contribution in [1.29, 1.82) is 0 Å².